The van der Waals surface area contributed by atoms with Gasteiger partial charge in [-0.15, -0.1) is 0 Å². The van der Waals surface area contributed by atoms with E-state index in [0.29, 0.717) is 11.3 Å². The van der Waals surface area contributed by atoms with Gasteiger partial charge in [0, 0.05) is 18.2 Å². The summed E-state index contributed by atoms with van der Waals surface area (Å²) in [5, 5.41) is 2.69. The van der Waals surface area contributed by atoms with E-state index < -0.39 is 5.97 Å². The van der Waals surface area contributed by atoms with Gasteiger partial charge in [0.25, 0.3) is 0 Å². The molecule has 0 aromatic heterocycles. The largest absolute Gasteiger partial charge is 0.491 e. The lowest BCUT2D eigenvalue weighted by Crippen LogP contribution is -2.07. The van der Waals surface area contributed by atoms with Gasteiger partial charge < -0.3 is 14.8 Å². The van der Waals surface area contributed by atoms with E-state index in [9.17, 15) is 9.59 Å². The molecule has 0 saturated carbocycles. The van der Waals surface area contributed by atoms with Gasteiger partial charge in [-0.1, -0.05) is 12.1 Å². The zero-order valence-corrected chi connectivity index (χ0v) is 15.4. The Kier molecular flexibility index (Phi) is 5.35. The fourth-order valence-electron chi connectivity index (χ4n) is 2.50. The average molecular weight is 364 g/mol. The summed E-state index contributed by atoms with van der Waals surface area (Å²) in [7, 11) is 0. The van der Waals surface area contributed by atoms with E-state index in [1.54, 1.807) is 42.5 Å². The number of nitrogens with one attached hydrogen (secondary N) is 1. The lowest BCUT2D eigenvalue weighted by Gasteiger charge is -2.09. The summed E-state index contributed by atoms with van der Waals surface area (Å²) >= 11 is 0. The van der Waals surface area contributed by atoms with Crippen LogP contribution in [0.25, 0.3) is 6.08 Å². The molecule has 0 radical (unpaired) electrons. The molecule has 1 N–H and O–H groups in total. The van der Waals surface area contributed by atoms with Crippen LogP contribution in [0, 0.1) is 0 Å². The van der Waals surface area contributed by atoms with Crippen molar-refractivity contribution in [3.05, 3.63) is 65.4 Å². The normalized spacial score (nSPS) is 14.9. The van der Waals surface area contributed by atoms with Crippen LogP contribution in [-0.2, 0) is 14.3 Å². The van der Waals surface area contributed by atoms with Gasteiger partial charge in [0.15, 0.2) is 5.70 Å². The lowest BCUT2D eigenvalue weighted by atomic mass is 10.1. The second-order valence-corrected chi connectivity index (χ2v) is 6.33. The van der Waals surface area contributed by atoms with Gasteiger partial charge in [0.05, 0.1) is 6.10 Å². The SMILES string of the molecule is CC(=O)Nc1ccc(/C=C2\N=C(c3ccc(OC(C)C)cc3)OC2=O)cc1. The molecule has 138 valence electrons. The Bertz CT molecular complexity index is 910. The minimum Gasteiger partial charge on any atom is -0.491 e. The van der Waals surface area contributed by atoms with E-state index in [1.807, 2.05) is 26.0 Å². The van der Waals surface area contributed by atoms with E-state index >= 15 is 0 Å². The fourth-order valence-corrected chi connectivity index (χ4v) is 2.50. The maximum absolute atomic E-state index is 12.1. The molecule has 0 unspecified atom stereocenters. The first-order valence-electron chi connectivity index (χ1n) is 8.58. The molecule has 6 nitrogen and oxygen atoms in total. The molecular weight excluding hydrogens is 344 g/mol. The van der Waals surface area contributed by atoms with Crippen LogP contribution in [-0.4, -0.2) is 23.9 Å². The number of esters is 1. The zero-order valence-electron chi connectivity index (χ0n) is 15.4. The van der Waals surface area contributed by atoms with E-state index in [-0.39, 0.29) is 23.6 Å². The smallest absolute Gasteiger partial charge is 0.363 e. The number of benzene rings is 2. The molecule has 1 heterocycles. The summed E-state index contributed by atoms with van der Waals surface area (Å²) in [4.78, 5) is 27.4. The summed E-state index contributed by atoms with van der Waals surface area (Å²) in [5.74, 6) is 0.365. The molecule has 0 aliphatic carbocycles. The number of rotatable bonds is 5. The van der Waals surface area contributed by atoms with Crippen LogP contribution in [0.2, 0.25) is 0 Å². The molecule has 0 fully saturated rings. The first-order chi connectivity index (χ1) is 12.9. The van der Waals surface area contributed by atoms with Crippen LogP contribution in [0.1, 0.15) is 31.9 Å². The first-order valence-corrected chi connectivity index (χ1v) is 8.58. The van der Waals surface area contributed by atoms with Gasteiger partial charge in [-0.25, -0.2) is 9.79 Å². The Morgan fingerprint density at radius 1 is 1.11 bits per heavy atom. The minimum atomic E-state index is -0.501. The maximum Gasteiger partial charge on any atom is 0.363 e. The molecule has 1 aliphatic rings. The van der Waals surface area contributed by atoms with Crippen LogP contribution in [0.4, 0.5) is 5.69 Å². The summed E-state index contributed by atoms with van der Waals surface area (Å²) in [6.45, 7) is 5.36. The Morgan fingerprint density at radius 3 is 2.37 bits per heavy atom. The Balaban J connectivity index is 1.77. The number of carbonyl (C=O) groups excluding carboxylic acids is 2. The Labute approximate surface area is 157 Å². The second-order valence-electron chi connectivity index (χ2n) is 6.33. The van der Waals surface area contributed by atoms with E-state index in [4.69, 9.17) is 9.47 Å². The van der Waals surface area contributed by atoms with Gasteiger partial charge in [0.1, 0.15) is 5.75 Å². The Morgan fingerprint density at radius 2 is 1.78 bits per heavy atom. The van der Waals surface area contributed by atoms with Crippen molar-refractivity contribution in [2.75, 3.05) is 5.32 Å². The van der Waals surface area contributed by atoms with Crippen molar-refractivity contribution in [1.29, 1.82) is 0 Å². The van der Waals surface area contributed by atoms with Gasteiger partial charge in [-0.05, 0) is 61.9 Å². The van der Waals surface area contributed by atoms with Gasteiger partial charge in [-0.2, -0.15) is 0 Å². The van der Waals surface area contributed by atoms with Crippen molar-refractivity contribution < 1.29 is 19.1 Å². The summed E-state index contributed by atoms with van der Waals surface area (Å²) < 4.78 is 10.9. The lowest BCUT2D eigenvalue weighted by molar-refractivity contribution is -0.129. The molecule has 0 atom stereocenters. The molecule has 0 saturated heterocycles. The van der Waals surface area contributed by atoms with Crippen LogP contribution in [0.3, 0.4) is 0 Å². The highest BCUT2D eigenvalue weighted by atomic mass is 16.6. The third-order valence-corrected chi connectivity index (χ3v) is 3.63. The van der Waals surface area contributed by atoms with Crippen molar-refractivity contribution in [2.24, 2.45) is 4.99 Å². The number of nitrogens with zero attached hydrogens (tertiary/aromatic N) is 1. The first kappa shape index (κ1) is 18.4. The number of cyclic esters (lactones) is 1. The third-order valence-electron chi connectivity index (χ3n) is 3.63. The maximum atomic E-state index is 12.1. The molecule has 0 spiro atoms. The topological polar surface area (TPSA) is 77.0 Å². The molecule has 6 heteroatoms. The Hall–Kier alpha value is -3.41. The van der Waals surface area contributed by atoms with Gasteiger partial charge in [0.2, 0.25) is 11.8 Å². The minimum absolute atomic E-state index is 0.0871. The highest BCUT2D eigenvalue weighted by Gasteiger charge is 2.24. The quantitative estimate of drug-likeness (QED) is 0.647. The highest BCUT2D eigenvalue weighted by Crippen LogP contribution is 2.22. The zero-order chi connectivity index (χ0) is 19.4. The summed E-state index contributed by atoms with van der Waals surface area (Å²) in [6.07, 6.45) is 1.73. The summed E-state index contributed by atoms with van der Waals surface area (Å²) in [6, 6.07) is 14.3. The molecule has 1 amide bonds. The number of ether oxygens (including phenoxy) is 2. The van der Waals surface area contributed by atoms with Crippen LogP contribution in [0.5, 0.6) is 5.75 Å². The van der Waals surface area contributed by atoms with E-state index in [0.717, 1.165) is 11.3 Å². The van der Waals surface area contributed by atoms with Crippen molar-refractivity contribution in [3.8, 4) is 5.75 Å². The van der Waals surface area contributed by atoms with Gasteiger partial charge >= 0.3 is 5.97 Å². The summed E-state index contributed by atoms with van der Waals surface area (Å²) in [5.41, 5.74) is 2.39. The van der Waals surface area contributed by atoms with Gasteiger partial charge in [-0.3, -0.25) is 4.79 Å². The fraction of sp³-hybridized carbons (Fsp3) is 0.190. The molecule has 0 bridgehead atoms. The predicted molar refractivity (Wildman–Crippen MR) is 104 cm³/mol. The number of anilines is 1. The molecule has 27 heavy (non-hydrogen) atoms. The van der Waals surface area contributed by atoms with E-state index in [1.165, 1.54) is 6.92 Å². The van der Waals surface area contributed by atoms with Crippen molar-refractivity contribution in [3.63, 3.8) is 0 Å². The highest BCUT2D eigenvalue weighted by molar-refractivity contribution is 6.12. The van der Waals surface area contributed by atoms with Crippen molar-refractivity contribution in [2.45, 2.75) is 26.9 Å². The standard InChI is InChI=1S/C21H20N2O4/c1-13(2)26-18-10-6-16(7-11-18)20-23-19(21(25)27-20)12-15-4-8-17(9-5-15)22-14(3)24/h4-13H,1-3H3,(H,22,24)/b19-12-. The number of hydrogen-bond acceptors (Lipinski definition) is 5. The van der Waals surface area contributed by atoms with Crippen LogP contribution >= 0.6 is 0 Å². The number of amides is 1. The molecule has 1 aliphatic heterocycles. The molecule has 2 aromatic carbocycles. The molecular formula is C21H20N2O4. The van der Waals surface area contributed by atoms with Crippen molar-refractivity contribution >= 4 is 29.5 Å². The van der Waals surface area contributed by atoms with Crippen molar-refractivity contribution in [1.82, 2.24) is 0 Å². The number of hydrogen-bond donors (Lipinski definition) is 1. The van der Waals surface area contributed by atoms with Crippen LogP contribution in [0.15, 0.2) is 59.2 Å². The predicted octanol–water partition coefficient (Wildman–Crippen LogP) is 3.78. The number of aliphatic imine (C=N–C) groups is 1. The second kappa shape index (κ2) is 7.86. The molecule has 2 aromatic rings. The number of carbonyl (C=O) groups is 2. The average Bonchev–Trinajstić information content (AvgIpc) is 2.97. The molecule has 3 rings (SSSR count). The van der Waals surface area contributed by atoms with Crippen LogP contribution < -0.4 is 10.1 Å². The monoisotopic (exact) mass is 364 g/mol. The third kappa shape index (κ3) is 4.82. The van der Waals surface area contributed by atoms with E-state index in [2.05, 4.69) is 10.3 Å².